The van der Waals surface area contributed by atoms with Crippen molar-refractivity contribution in [1.82, 2.24) is 9.97 Å². The Bertz CT molecular complexity index is 614. The summed E-state index contributed by atoms with van der Waals surface area (Å²) in [6.07, 6.45) is 15.0. The lowest BCUT2D eigenvalue weighted by Crippen LogP contribution is -1.94. The molecule has 3 nitrogen and oxygen atoms in total. The van der Waals surface area contributed by atoms with E-state index in [1.54, 1.807) is 6.07 Å². The number of rotatable bonds is 10. The van der Waals surface area contributed by atoms with Crippen LogP contribution in [-0.4, -0.2) is 15.1 Å². The summed E-state index contributed by atoms with van der Waals surface area (Å²) >= 11 is 0. The summed E-state index contributed by atoms with van der Waals surface area (Å²) in [6, 6.07) is 4.19. The number of aromatic hydroxyl groups is 1. The number of aryl methyl sites for hydroxylation is 1. The van der Waals surface area contributed by atoms with Crippen molar-refractivity contribution in [3.8, 4) is 17.1 Å². The number of unbranched alkanes of at least 4 members (excludes halogenated alkanes) is 7. The number of benzene rings is 1. The first-order valence-corrected chi connectivity index (χ1v) is 9.00. The van der Waals surface area contributed by atoms with Crippen molar-refractivity contribution in [3.63, 3.8) is 0 Å². The molecule has 1 aromatic heterocycles. The Hall–Kier alpha value is -1.97. The minimum absolute atomic E-state index is 0.356. The molecule has 0 amide bonds. The van der Waals surface area contributed by atoms with Crippen molar-refractivity contribution < 1.29 is 9.50 Å². The topological polar surface area (TPSA) is 46.0 Å². The molecule has 0 atom stereocenters. The molecule has 0 radical (unpaired) electrons. The molecule has 130 valence electrons. The lowest BCUT2D eigenvalue weighted by atomic mass is 10.1. The van der Waals surface area contributed by atoms with E-state index in [1.165, 1.54) is 57.1 Å². The fourth-order valence-electron chi connectivity index (χ4n) is 2.74. The monoisotopic (exact) mass is 330 g/mol. The second-order valence-corrected chi connectivity index (χ2v) is 6.31. The minimum atomic E-state index is -0.654. The summed E-state index contributed by atoms with van der Waals surface area (Å²) in [5.41, 5.74) is 1.69. The van der Waals surface area contributed by atoms with E-state index in [0.29, 0.717) is 11.4 Å². The Kier molecular flexibility index (Phi) is 7.66. The van der Waals surface area contributed by atoms with Crippen molar-refractivity contribution in [2.24, 2.45) is 0 Å². The van der Waals surface area contributed by atoms with E-state index < -0.39 is 5.82 Å². The third-order valence-electron chi connectivity index (χ3n) is 4.23. The number of aromatic nitrogens is 2. The number of hydrogen-bond donors (Lipinski definition) is 1. The van der Waals surface area contributed by atoms with Crippen LogP contribution in [-0.2, 0) is 6.42 Å². The van der Waals surface area contributed by atoms with Gasteiger partial charge < -0.3 is 5.11 Å². The summed E-state index contributed by atoms with van der Waals surface area (Å²) in [5, 5.41) is 9.22. The van der Waals surface area contributed by atoms with Crippen LogP contribution in [0.4, 0.5) is 4.39 Å². The second kappa shape index (κ2) is 10.0. The van der Waals surface area contributed by atoms with Crippen LogP contribution in [0.1, 0.15) is 63.9 Å². The SMILES string of the molecule is CCCCCCCCCCc1cnc(-c2ccc(O)c(F)c2)nc1. The lowest BCUT2D eigenvalue weighted by Gasteiger charge is -2.04. The van der Waals surface area contributed by atoms with E-state index in [9.17, 15) is 9.50 Å². The highest BCUT2D eigenvalue weighted by Gasteiger charge is 2.06. The molecule has 0 aliphatic rings. The van der Waals surface area contributed by atoms with E-state index in [-0.39, 0.29) is 5.75 Å². The van der Waals surface area contributed by atoms with Gasteiger partial charge in [-0.25, -0.2) is 14.4 Å². The zero-order valence-electron chi connectivity index (χ0n) is 14.5. The molecule has 1 N–H and O–H groups in total. The van der Waals surface area contributed by atoms with E-state index in [1.807, 2.05) is 12.4 Å². The van der Waals surface area contributed by atoms with Gasteiger partial charge in [0.05, 0.1) is 0 Å². The molecule has 0 aliphatic carbocycles. The molecule has 0 saturated carbocycles. The number of nitrogens with zero attached hydrogens (tertiary/aromatic N) is 2. The first-order chi connectivity index (χ1) is 11.7. The Labute approximate surface area is 144 Å². The predicted molar refractivity (Wildman–Crippen MR) is 95.4 cm³/mol. The average Bonchev–Trinajstić information content (AvgIpc) is 2.60. The molecule has 1 heterocycles. The normalized spacial score (nSPS) is 10.9. The largest absolute Gasteiger partial charge is 0.505 e. The van der Waals surface area contributed by atoms with Gasteiger partial charge in [0.15, 0.2) is 17.4 Å². The van der Waals surface area contributed by atoms with Crippen molar-refractivity contribution in [2.75, 3.05) is 0 Å². The standard InChI is InChI=1S/C20H27FN2O/c1-2-3-4-5-6-7-8-9-10-16-14-22-20(23-15-16)17-11-12-19(24)18(21)13-17/h11-15,24H,2-10H2,1H3. The zero-order chi connectivity index (χ0) is 17.2. The fraction of sp³-hybridized carbons (Fsp3) is 0.500. The van der Waals surface area contributed by atoms with Crippen molar-refractivity contribution >= 4 is 0 Å². The number of hydrogen-bond acceptors (Lipinski definition) is 3. The molecule has 2 rings (SSSR count). The Balaban J connectivity index is 1.73. The predicted octanol–water partition coefficient (Wildman–Crippen LogP) is 5.67. The highest BCUT2D eigenvalue weighted by molar-refractivity contribution is 5.56. The molecule has 24 heavy (non-hydrogen) atoms. The third kappa shape index (κ3) is 5.91. The Morgan fingerprint density at radius 3 is 2.17 bits per heavy atom. The highest BCUT2D eigenvalue weighted by atomic mass is 19.1. The maximum Gasteiger partial charge on any atom is 0.165 e. The van der Waals surface area contributed by atoms with Gasteiger partial charge in [0.1, 0.15) is 0 Å². The fourth-order valence-corrected chi connectivity index (χ4v) is 2.74. The smallest absolute Gasteiger partial charge is 0.165 e. The van der Waals surface area contributed by atoms with E-state index in [0.717, 1.165) is 18.4 Å². The average molecular weight is 330 g/mol. The van der Waals surface area contributed by atoms with Gasteiger partial charge in [-0.3, -0.25) is 0 Å². The summed E-state index contributed by atoms with van der Waals surface area (Å²) in [4.78, 5) is 8.62. The van der Waals surface area contributed by atoms with E-state index >= 15 is 0 Å². The molecular weight excluding hydrogens is 303 g/mol. The van der Waals surface area contributed by atoms with Gasteiger partial charge in [0, 0.05) is 18.0 Å². The van der Waals surface area contributed by atoms with Crippen LogP contribution < -0.4 is 0 Å². The maximum atomic E-state index is 13.4. The number of phenolic OH excluding ortho intramolecular Hbond substituents is 1. The van der Waals surface area contributed by atoms with Crippen molar-refractivity contribution in [1.29, 1.82) is 0 Å². The molecule has 0 bridgehead atoms. The summed E-state index contributed by atoms with van der Waals surface area (Å²) in [6.45, 7) is 2.24. The van der Waals surface area contributed by atoms with Crippen LogP contribution in [0.15, 0.2) is 30.6 Å². The van der Waals surface area contributed by atoms with Crippen LogP contribution >= 0.6 is 0 Å². The van der Waals surface area contributed by atoms with Crippen LogP contribution in [0.2, 0.25) is 0 Å². The molecule has 0 spiro atoms. The minimum Gasteiger partial charge on any atom is -0.505 e. The number of phenols is 1. The van der Waals surface area contributed by atoms with E-state index in [2.05, 4.69) is 16.9 Å². The highest BCUT2D eigenvalue weighted by Crippen LogP contribution is 2.22. The second-order valence-electron chi connectivity index (χ2n) is 6.31. The van der Waals surface area contributed by atoms with Crippen molar-refractivity contribution in [2.45, 2.75) is 64.7 Å². The molecule has 2 aromatic rings. The van der Waals surface area contributed by atoms with Gasteiger partial charge in [0.2, 0.25) is 0 Å². The molecule has 4 heteroatoms. The zero-order valence-corrected chi connectivity index (χ0v) is 14.5. The van der Waals surface area contributed by atoms with Crippen LogP contribution in [0, 0.1) is 5.82 Å². The molecular formula is C20H27FN2O. The molecule has 0 fully saturated rings. The summed E-state index contributed by atoms with van der Waals surface area (Å²) < 4.78 is 13.4. The molecule has 0 unspecified atom stereocenters. The Morgan fingerprint density at radius 2 is 1.54 bits per heavy atom. The van der Waals surface area contributed by atoms with Gasteiger partial charge in [-0.15, -0.1) is 0 Å². The third-order valence-corrected chi connectivity index (χ3v) is 4.23. The maximum absolute atomic E-state index is 13.4. The first kappa shape index (κ1) is 18.4. The van der Waals surface area contributed by atoms with Gasteiger partial charge >= 0.3 is 0 Å². The Morgan fingerprint density at radius 1 is 0.917 bits per heavy atom. The summed E-state index contributed by atoms with van der Waals surface area (Å²) in [5.74, 6) is -0.530. The van der Waals surface area contributed by atoms with E-state index in [4.69, 9.17) is 0 Å². The summed E-state index contributed by atoms with van der Waals surface area (Å²) in [7, 11) is 0. The van der Waals surface area contributed by atoms with Crippen LogP contribution in [0.3, 0.4) is 0 Å². The van der Waals surface area contributed by atoms with Crippen molar-refractivity contribution in [3.05, 3.63) is 42.0 Å². The lowest BCUT2D eigenvalue weighted by molar-refractivity contribution is 0.432. The van der Waals surface area contributed by atoms with Gasteiger partial charge in [0.25, 0.3) is 0 Å². The quantitative estimate of drug-likeness (QED) is 0.571. The molecule has 0 saturated heterocycles. The first-order valence-electron chi connectivity index (χ1n) is 9.00. The number of halogens is 1. The van der Waals surface area contributed by atoms with Gasteiger partial charge in [-0.05, 0) is 36.6 Å². The van der Waals surface area contributed by atoms with Gasteiger partial charge in [-0.2, -0.15) is 0 Å². The van der Waals surface area contributed by atoms with Crippen LogP contribution in [0.25, 0.3) is 11.4 Å². The van der Waals surface area contributed by atoms with Crippen LogP contribution in [0.5, 0.6) is 5.75 Å². The molecule has 1 aromatic carbocycles. The molecule has 0 aliphatic heterocycles. The van der Waals surface area contributed by atoms with Gasteiger partial charge in [-0.1, -0.05) is 51.9 Å².